The minimum atomic E-state index is -4.47. The first kappa shape index (κ1) is 16.5. The summed E-state index contributed by atoms with van der Waals surface area (Å²) >= 11 is 0. The normalized spacial score (nSPS) is 22.0. The van der Waals surface area contributed by atoms with E-state index in [1.807, 2.05) is 6.92 Å². The number of aromatic nitrogens is 1. The molecule has 1 saturated heterocycles. The average Bonchev–Trinajstić information content (AvgIpc) is 2.85. The minimum Gasteiger partial charge on any atom is -0.482 e. The monoisotopic (exact) mass is 317 g/mol. The molecule has 2 unspecified atom stereocenters. The third-order valence-corrected chi connectivity index (χ3v) is 3.62. The zero-order chi connectivity index (χ0) is 16.3. The third kappa shape index (κ3) is 3.88. The summed E-state index contributed by atoms with van der Waals surface area (Å²) in [6.45, 7) is 1.37. The Kier molecular flexibility index (Phi) is 4.90. The molecular weight excluding hydrogens is 299 g/mol. The molecule has 2 atom stereocenters. The summed E-state index contributed by atoms with van der Waals surface area (Å²) in [6.07, 6.45) is -2.34. The van der Waals surface area contributed by atoms with E-state index < -0.39 is 18.7 Å². The number of hydrogen-bond donors (Lipinski definition) is 1. The van der Waals surface area contributed by atoms with Crippen molar-refractivity contribution in [3.8, 4) is 5.75 Å². The molecule has 1 fully saturated rings. The molecule has 1 amide bonds. The van der Waals surface area contributed by atoms with E-state index in [0.717, 1.165) is 6.42 Å². The molecule has 0 aliphatic carbocycles. The molecule has 2 rings (SSSR count). The Balaban J connectivity index is 2.16. The number of carbonyl (C=O) groups is 1. The summed E-state index contributed by atoms with van der Waals surface area (Å²) in [5.74, 6) is -0.392. The SMILES string of the molecule is CC1CC(CN)CN1C(=O)c1ncccc1OCC(F)(F)F. The van der Waals surface area contributed by atoms with Crippen LogP contribution in [-0.2, 0) is 0 Å². The van der Waals surface area contributed by atoms with Gasteiger partial charge in [0.15, 0.2) is 18.1 Å². The van der Waals surface area contributed by atoms with Crippen LogP contribution in [-0.4, -0.2) is 47.7 Å². The third-order valence-electron chi connectivity index (χ3n) is 3.62. The van der Waals surface area contributed by atoms with Gasteiger partial charge >= 0.3 is 6.18 Å². The number of amides is 1. The van der Waals surface area contributed by atoms with Crippen LogP contribution in [0.25, 0.3) is 0 Å². The lowest BCUT2D eigenvalue weighted by Crippen LogP contribution is -2.35. The van der Waals surface area contributed by atoms with Crippen molar-refractivity contribution in [2.24, 2.45) is 11.7 Å². The van der Waals surface area contributed by atoms with Crippen LogP contribution in [0.2, 0.25) is 0 Å². The summed E-state index contributed by atoms with van der Waals surface area (Å²) in [5.41, 5.74) is 5.52. The van der Waals surface area contributed by atoms with Crippen molar-refractivity contribution in [2.75, 3.05) is 19.7 Å². The fraction of sp³-hybridized carbons (Fsp3) is 0.571. The quantitative estimate of drug-likeness (QED) is 0.920. The Bertz CT molecular complexity index is 536. The van der Waals surface area contributed by atoms with Crippen LogP contribution >= 0.6 is 0 Å². The second-order valence-electron chi connectivity index (χ2n) is 5.40. The van der Waals surface area contributed by atoms with Gasteiger partial charge in [-0.3, -0.25) is 4.79 Å². The van der Waals surface area contributed by atoms with Gasteiger partial charge in [0.05, 0.1) is 0 Å². The van der Waals surface area contributed by atoms with Gasteiger partial charge in [-0.1, -0.05) is 0 Å². The van der Waals surface area contributed by atoms with Gasteiger partial charge in [-0.25, -0.2) is 4.98 Å². The number of nitrogens with zero attached hydrogens (tertiary/aromatic N) is 2. The van der Waals surface area contributed by atoms with Crippen LogP contribution in [0.15, 0.2) is 18.3 Å². The molecule has 1 aromatic heterocycles. The van der Waals surface area contributed by atoms with Gasteiger partial charge in [0.25, 0.3) is 5.91 Å². The Morgan fingerprint density at radius 1 is 1.55 bits per heavy atom. The van der Waals surface area contributed by atoms with Gasteiger partial charge in [-0.2, -0.15) is 13.2 Å². The maximum Gasteiger partial charge on any atom is 0.422 e. The lowest BCUT2D eigenvalue weighted by molar-refractivity contribution is -0.153. The number of hydrogen-bond acceptors (Lipinski definition) is 4. The number of alkyl halides is 3. The first-order chi connectivity index (χ1) is 10.3. The van der Waals surface area contributed by atoms with E-state index in [1.165, 1.54) is 18.3 Å². The summed E-state index contributed by atoms with van der Waals surface area (Å²) in [6, 6.07) is 2.71. The van der Waals surface area contributed by atoms with Gasteiger partial charge in [0.2, 0.25) is 0 Å². The molecule has 5 nitrogen and oxygen atoms in total. The highest BCUT2D eigenvalue weighted by atomic mass is 19.4. The van der Waals surface area contributed by atoms with Crippen molar-refractivity contribution in [3.63, 3.8) is 0 Å². The zero-order valence-electron chi connectivity index (χ0n) is 12.1. The highest BCUT2D eigenvalue weighted by Crippen LogP contribution is 2.27. The predicted molar refractivity (Wildman–Crippen MR) is 73.4 cm³/mol. The predicted octanol–water partition coefficient (Wildman–Crippen LogP) is 1.83. The second-order valence-corrected chi connectivity index (χ2v) is 5.40. The van der Waals surface area contributed by atoms with E-state index in [9.17, 15) is 18.0 Å². The summed E-state index contributed by atoms with van der Waals surface area (Å²) in [5, 5.41) is 0. The molecule has 2 N–H and O–H groups in total. The molecule has 0 aromatic carbocycles. The number of rotatable bonds is 4. The van der Waals surface area contributed by atoms with Gasteiger partial charge in [-0.05, 0) is 37.9 Å². The van der Waals surface area contributed by atoms with Crippen molar-refractivity contribution in [3.05, 3.63) is 24.0 Å². The number of likely N-dealkylation sites (tertiary alicyclic amines) is 1. The van der Waals surface area contributed by atoms with Gasteiger partial charge in [0.1, 0.15) is 0 Å². The maximum atomic E-state index is 12.5. The Hall–Kier alpha value is -1.83. The Labute approximate surface area is 126 Å². The fourth-order valence-corrected chi connectivity index (χ4v) is 2.56. The topological polar surface area (TPSA) is 68.5 Å². The molecule has 22 heavy (non-hydrogen) atoms. The standard InChI is InChI=1S/C14H18F3N3O2/c1-9-5-10(6-18)7-20(9)13(21)12-11(3-2-4-19-12)22-8-14(15,16)17/h2-4,9-10H,5-8,18H2,1H3. The first-order valence-corrected chi connectivity index (χ1v) is 6.97. The van der Waals surface area contributed by atoms with Crippen LogP contribution < -0.4 is 10.5 Å². The molecule has 1 aliphatic rings. The highest BCUT2D eigenvalue weighted by Gasteiger charge is 2.35. The van der Waals surface area contributed by atoms with Crippen molar-refractivity contribution in [1.82, 2.24) is 9.88 Å². The molecular formula is C14H18F3N3O2. The molecule has 8 heteroatoms. The molecule has 0 radical (unpaired) electrons. The number of pyridine rings is 1. The average molecular weight is 317 g/mol. The fourth-order valence-electron chi connectivity index (χ4n) is 2.56. The first-order valence-electron chi connectivity index (χ1n) is 6.97. The van der Waals surface area contributed by atoms with Crippen LogP contribution in [0.1, 0.15) is 23.8 Å². The Morgan fingerprint density at radius 2 is 2.27 bits per heavy atom. The van der Waals surface area contributed by atoms with Gasteiger partial charge < -0.3 is 15.4 Å². The molecule has 1 aromatic rings. The lowest BCUT2D eigenvalue weighted by Gasteiger charge is -2.22. The highest BCUT2D eigenvalue weighted by molar-refractivity contribution is 5.95. The smallest absolute Gasteiger partial charge is 0.422 e. The summed E-state index contributed by atoms with van der Waals surface area (Å²) in [7, 11) is 0. The zero-order valence-corrected chi connectivity index (χ0v) is 12.1. The number of ether oxygens (including phenoxy) is 1. The van der Waals surface area contributed by atoms with Gasteiger partial charge in [0, 0.05) is 18.8 Å². The van der Waals surface area contributed by atoms with E-state index in [4.69, 9.17) is 10.5 Å². The van der Waals surface area contributed by atoms with E-state index in [-0.39, 0.29) is 23.4 Å². The molecule has 1 aliphatic heterocycles. The Morgan fingerprint density at radius 3 is 2.86 bits per heavy atom. The maximum absolute atomic E-state index is 12.5. The van der Waals surface area contributed by atoms with Crippen LogP contribution in [0.5, 0.6) is 5.75 Å². The van der Waals surface area contributed by atoms with Crippen molar-refractivity contribution in [1.29, 1.82) is 0 Å². The van der Waals surface area contributed by atoms with Crippen molar-refractivity contribution < 1.29 is 22.7 Å². The number of carbonyl (C=O) groups excluding carboxylic acids is 1. The largest absolute Gasteiger partial charge is 0.482 e. The number of nitrogens with two attached hydrogens (primary N) is 1. The summed E-state index contributed by atoms with van der Waals surface area (Å²) in [4.78, 5) is 18.0. The second kappa shape index (κ2) is 6.51. The van der Waals surface area contributed by atoms with Crippen molar-refractivity contribution >= 4 is 5.91 Å². The molecule has 0 bridgehead atoms. The molecule has 122 valence electrons. The lowest BCUT2D eigenvalue weighted by atomic mass is 10.1. The van der Waals surface area contributed by atoms with E-state index in [0.29, 0.717) is 13.1 Å². The number of halogens is 3. The van der Waals surface area contributed by atoms with Crippen LogP contribution in [0.3, 0.4) is 0 Å². The van der Waals surface area contributed by atoms with E-state index >= 15 is 0 Å². The molecule has 0 saturated carbocycles. The van der Waals surface area contributed by atoms with Crippen LogP contribution in [0, 0.1) is 5.92 Å². The molecule has 2 heterocycles. The van der Waals surface area contributed by atoms with Gasteiger partial charge in [-0.15, -0.1) is 0 Å². The van der Waals surface area contributed by atoms with Crippen LogP contribution in [0.4, 0.5) is 13.2 Å². The van der Waals surface area contributed by atoms with Crippen molar-refractivity contribution in [2.45, 2.75) is 25.6 Å². The minimum absolute atomic E-state index is 0.0291. The van der Waals surface area contributed by atoms with E-state index in [1.54, 1.807) is 4.90 Å². The molecule has 0 spiro atoms. The van der Waals surface area contributed by atoms with E-state index in [2.05, 4.69) is 4.98 Å². The summed E-state index contributed by atoms with van der Waals surface area (Å²) < 4.78 is 41.5.